The normalized spacial score (nSPS) is 32.7. The maximum Gasteiger partial charge on any atom is 0.338 e. The monoisotopic (exact) mass is 299 g/mol. The predicted molar refractivity (Wildman–Crippen MR) is 71.3 cm³/mol. The first kappa shape index (κ1) is 15.8. The van der Waals surface area contributed by atoms with E-state index in [1.54, 1.807) is 30.3 Å². The Hall–Kier alpha value is -1.54. The van der Waals surface area contributed by atoms with E-state index in [9.17, 15) is 14.3 Å². The first-order valence-corrected chi connectivity index (χ1v) is 6.52. The van der Waals surface area contributed by atoms with Crippen molar-refractivity contribution in [2.75, 3.05) is 13.8 Å². The zero-order chi connectivity index (χ0) is 15.4. The molecule has 7 heteroatoms. The smallest absolute Gasteiger partial charge is 0.338 e. The average molecular weight is 299 g/mol. The van der Waals surface area contributed by atoms with Crippen molar-refractivity contribution >= 4 is 5.97 Å². The van der Waals surface area contributed by atoms with E-state index in [0.717, 1.165) is 0 Å². The van der Waals surface area contributed by atoms with Gasteiger partial charge in [0, 0.05) is 7.11 Å². The second-order valence-electron chi connectivity index (χ2n) is 4.74. The first-order valence-electron chi connectivity index (χ1n) is 6.52. The number of hydrogen-bond acceptors (Lipinski definition) is 6. The molecule has 3 N–H and O–H groups in total. The number of rotatable bonds is 4. The van der Waals surface area contributed by atoms with Gasteiger partial charge in [-0.15, -0.1) is 0 Å². The zero-order valence-electron chi connectivity index (χ0n) is 11.5. The highest BCUT2D eigenvalue weighted by Crippen LogP contribution is 2.24. The molecule has 1 aliphatic heterocycles. The Kier molecular flexibility index (Phi) is 5.24. The molecule has 1 saturated heterocycles. The maximum absolute atomic E-state index is 13.1. The van der Waals surface area contributed by atoms with Gasteiger partial charge in [0.05, 0.1) is 11.6 Å². The van der Waals surface area contributed by atoms with E-state index in [2.05, 4.69) is 0 Å². The van der Waals surface area contributed by atoms with Crippen LogP contribution in [0.15, 0.2) is 30.3 Å². The summed E-state index contributed by atoms with van der Waals surface area (Å²) in [5.74, 6) is -0.676. The van der Waals surface area contributed by atoms with Gasteiger partial charge in [0.25, 0.3) is 0 Å². The zero-order valence-corrected chi connectivity index (χ0v) is 11.5. The Balaban J connectivity index is 2.11. The van der Waals surface area contributed by atoms with Crippen LogP contribution >= 0.6 is 0 Å². The third-order valence-corrected chi connectivity index (χ3v) is 3.36. The molecule has 0 spiro atoms. The lowest BCUT2D eigenvalue weighted by molar-refractivity contribution is -0.253. The van der Waals surface area contributed by atoms with Crippen LogP contribution in [0.1, 0.15) is 10.4 Å². The van der Waals surface area contributed by atoms with Crippen LogP contribution in [0.3, 0.4) is 0 Å². The number of alkyl halides is 1. The van der Waals surface area contributed by atoms with Crippen molar-refractivity contribution in [2.24, 2.45) is 5.73 Å². The largest absolute Gasteiger partial charge is 0.453 e. The molecule has 116 valence electrons. The summed E-state index contributed by atoms with van der Waals surface area (Å²) < 4.78 is 28.4. The third-order valence-electron chi connectivity index (χ3n) is 3.36. The van der Waals surface area contributed by atoms with Crippen LogP contribution in [-0.4, -0.2) is 55.5 Å². The SMILES string of the molecule is CO[C@H]1OC(CF)[C@@H](OC(=O)c2ccccc2)C(O)C1N. The van der Waals surface area contributed by atoms with Crippen LogP contribution in [0.4, 0.5) is 4.39 Å². The molecule has 1 aliphatic rings. The van der Waals surface area contributed by atoms with Crippen LogP contribution in [-0.2, 0) is 14.2 Å². The van der Waals surface area contributed by atoms with Gasteiger partial charge in [-0.25, -0.2) is 9.18 Å². The van der Waals surface area contributed by atoms with Crippen LogP contribution < -0.4 is 5.73 Å². The van der Waals surface area contributed by atoms with Crippen molar-refractivity contribution in [1.29, 1.82) is 0 Å². The van der Waals surface area contributed by atoms with E-state index in [0.29, 0.717) is 5.56 Å². The Morgan fingerprint density at radius 3 is 2.67 bits per heavy atom. The van der Waals surface area contributed by atoms with Gasteiger partial charge in [-0.2, -0.15) is 0 Å². The molecule has 0 bridgehead atoms. The molecular formula is C14H18FNO5. The fraction of sp³-hybridized carbons (Fsp3) is 0.500. The number of nitrogens with two attached hydrogens (primary N) is 1. The quantitative estimate of drug-likeness (QED) is 0.774. The number of halogens is 1. The van der Waals surface area contributed by atoms with Crippen molar-refractivity contribution in [3.05, 3.63) is 35.9 Å². The van der Waals surface area contributed by atoms with Crippen molar-refractivity contribution < 1.29 is 28.5 Å². The minimum Gasteiger partial charge on any atom is -0.453 e. The van der Waals surface area contributed by atoms with Crippen LogP contribution in [0.25, 0.3) is 0 Å². The highest BCUT2D eigenvalue weighted by molar-refractivity contribution is 5.89. The molecule has 1 fully saturated rings. The predicted octanol–water partition coefficient (Wildman–Crippen LogP) is 0.241. The second-order valence-corrected chi connectivity index (χ2v) is 4.74. The summed E-state index contributed by atoms with van der Waals surface area (Å²) in [6, 6.07) is 7.26. The minimum atomic E-state index is -1.28. The van der Waals surface area contributed by atoms with E-state index < -0.39 is 43.3 Å². The highest BCUT2D eigenvalue weighted by atomic mass is 19.1. The number of aliphatic hydroxyl groups is 1. The molecule has 2 rings (SSSR count). The standard InChI is InChI=1S/C14H18FNO5/c1-19-14-10(16)11(17)12(9(7-15)20-14)21-13(18)8-5-3-2-4-6-8/h2-6,9-12,14,17H,7,16H2,1H3/t9?,10?,11?,12-,14+/m1/s1. The van der Waals surface area contributed by atoms with E-state index in [4.69, 9.17) is 19.9 Å². The molecule has 0 amide bonds. The number of hydrogen-bond donors (Lipinski definition) is 2. The fourth-order valence-corrected chi connectivity index (χ4v) is 2.19. The van der Waals surface area contributed by atoms with E-state index in [1.165, 1.54) is 7.11 Å². The van der Waals surface area contributed by atoms with E-state index in [-0.39, 0.29) is 0 Å². The molecular weight excluding hydrogens is 281 g/mol. The van der Waals surface area contributed by atoms with Crippen molar-refractivity contribution in [1.82, 2.24) is 0 Å². The minimum absolute atomic E-state index is 0.296. The number of esters is 1. The van der Waals surface area contributed by atoms with Gasteiger partial charge in [0.15, 0.2) is 12.4 Å². The van der Waals surface area contributed by atoms with E-state index in [1.807, 2.05) is 0 Å². The molecule has 3 unspecified atom stereocenters. The lowest BCUT2D eigenvalue weighted by Crippen LogP contribution is -2.63. The summed E-state index contributed by atoms with van der Waals surface area (Å²) in [7, 11) is 1.34. The van der Waals surface area contributed by atoms with Gasteiger partial charge in [-0.1, -0.05) is 18.2 Å². The topological polar surface area (TPSA) is 91.0 Å². The second kappa shape index (κ2) is 6.95. The molecule has 6 nitrogen and oxygen atoms in total. The molecule has 0 aromatic heterocycles. The molecule has 1 aromatic carbocycles. The van der Waals surface area contributed by atoms with Gasteiger partial charge in [-0.05, 0) is 12.1 Å². The van der Waals surface area contributed by atoms with Gasteiger partial charge in [-0.3, -0.25) is 0 Å². The Morgan fingerprint density at radius 1 is 1.43 bits per heavy atom. The summed E-state index contributed by atoms with van der Waals surface area (Å²) >= 11 is 0. The third kappa shape index (κ3) is 3.38. The number of methoxy groups -OCH3 is 1. The Bertz CT molecular complexity index is 470. The molecule has 1 heterocycles. The molecule has 21 heavy (non-hydrogen) atoms. The van der Waals surface area contributed by atoms with Crippen molar-refractivity contribution in [3.63, 3.8) is 0 Å². The summed E-state index contributed by atoms with van der Waals surface area (Å²) in [6.45, 7) is -0.934. The van der Waals surface area contributed by atoms with Gasteiger partial charge in [0.2, 0.25) is 0 Å². The van der Waals surface area contributed by atoms with Crippen LogP contribution in [0.2, 0.25) is 0 Å². The average Bonchev–Trinajstić information content (AvgIpc) is 2.53. The maximum atomic E-state index is 13.1. The Labute approximate surface area is 121 Å². The molecule has 0 aliphatic carbocycles. The lowest BCUT2D eigenvalue weighted by Gasteiger charge is -2.41. The summed E-state index contributed by atoms with van der Waals surface area (Å²) in [5.41, 5.74) is 6.04. The molecule has 1 aromatic rings. The number of ether oxygens (including phenoxy) is 3. The van der Waals surface area contributed by atoms with Crippen molar-refractivity contribution in [2.45, 2.75) is 30.6 Å². The van der Waals surface area contributed by atoms with Crippen molar-refractivity contribution in [3.8, 4) is 0 Å². The van der Waals surface area contributed by atoms with Crippen LogP contribution in [0.5, 0.6) is 0 Å². The molecule has 5 atom stereocenters. The summed E-state index contributed by atoms with van der Waals surface area (Å²) in [5, 5.41) is 10.1. The molecule has 0 radical (unpaired) electrons. The number of aliphatic hydroxyl groups excluding tert-OH is 1. The summed E-state index contributed by atoms with van der Waals surface area (Å²) in [4.78, 5) is 12.0. The Morgan fingerprint density at radius 2 is 2.10 bits per heavy atom. The number of benzene rings is 1. The number of carbonyl (C=O) groups is 1. The highest BCUT2D eigenvalue weighted by Gasteiger charge is 2.46. The van der Waals surface area contributed by atoms with E-state index >= 15 is 0 Å². The first-order chi connectivity index (χ1) is 10.1. The van der Waals surface area contributed by atoms with Gasteiger partial charge in [0.1, 0.15) is 18.9 Å². The fourth-order valence-electron chi connectivity index (χ4n) is 2.19. The van der Waals surface area contributed by atoms with Gasteiger partial charge < -0.3 is 25.1 Å². The summed E-state index contributed by atoms with van der Waals surface area (Å²) in [6.07, 6.45) is -4.55. The number of carbonyl (C=O) groups excluding carboxylic acids is 1. The van der Waals surface area contributed by atoms with Gasteiger partial charge >= 0.3 is 5.97 Å². The van der Waals surface area contributed by atoms with Crippen LogP contribution in [0, 0.1) is 0 Å². The molecule has 0 saturated carbocycles. The lowest BCUT2D eigenvalue weighted by atomic mass is 9.97.